The zero-order chi connectivity index (χ0) is 18.7. The van der Waals surface area contributed by atoms with Crippen LogP contribution in [-0.4, -0.2) is 0 Å². The lowest BCUT2D eigenvalue weighted by Crippen LogP contribution is -2.42. The van der Waals surface area contributed by atoms with Crippen LogP contribution >= 0.6 is 11.3 Å². The SMILES string of the molecule is CCCCc1ccc([C@@H]2[C@H]3CCCC=C3C(C#N)=C(N)C2(C#N)C#N)s1. The lowest BCUT2D eigenvalue weighted by atomic mass is 9.58. The zero-order valence-corrected chi connectivity index (χ0v) is 15.8. The van der Waals surface area contributed by atoms with E-state index in [0.717, 1.165) is 49.0 Å². The van der Waals surface area contributed by atoms with E-state index in [1.54, 1.807) is 11.3 Å². The van der Waals surface area contributed by atoms with Gasteiger partial charge >= 0.3 is 0 Å². The molecule has 5 heteroatoms. The van der Waals surface area contributed by atoms with E-state index in [9.17, 15) is 15.8 Å². The Labute approximate surface area is 158 Å². The van der Waals surface area contributed by atoms with Crippen molar-refractivity contribution in [2.75, 3.05) is 0 Å². The van der Waals surface area contributed by atoms with E-state index in [4.69, 9.17) is 5.73 Å². The molecule has 0 aromatic carbocycles. The first-order chi connectivity index (χ1) is 12.6. The fourth-order valence-corrected chi connectivity index (χ4v) is 5.52. The Morgan fingerprint density at radius 3 is 2.69 bits per heavy atom. The summed E-state index contributed by atoms with van der Waals surface area (Å²) in [4.78, 5) is 2.32. The zero-order valence-electron chi connectivity index (χ0n) is 15.0. The number of allylic oxidation sites excluding steroid dienone is 4. The van der Waals surface area contributed by atoms with Crippen molar-refractivity contribution < 1.29 is 0 Å². The van der Waals surface area contributed by atoms with Gasteiger partial charge in [0.25, 0.3) is 0 Å². The van der Waals surface area contributed by atoms with Gasteiger partial charge in [0.2, 0.25) is 0 Å². The average Bonchev–Trinajstić information content (AvgIpc) is 3.14. The molecule has 2 aliphatic rings. The summed E-state index contributed by atoms with van der Waals surface area (Å²) in [6.45, 7) is 2.17. The number of fused-ring (bicyclic) bond motifs is 1. The van der Waals surface area contributed by atoms with Gasteiger partial charge in [0.15, 0.2) is 5.41 Å². The number of thiophene rings is 1. The minimum atomic E-state index is -1.47. The molecule has 1 aromatic heterocycles. The highest BCUT2D eigenvalue weighted by Crippen LogP contribution is 2.56. The Bertz CT molecular complexity index is 870. The van der Waals surface area contributed by atoms with Crippen LogP contribution in [0.5, 0.6) is 0 Å². The topological polar surface area (TPSA) is 97.4 Å². The Hall–Kier alpha value is -2.55. The van der Waals surface area contributed by atoms with Crippen LogP contribution < -0.4 is 5.73 Å². The van der Waals surface area contributed by atoms with Crippen LogP contribution in [0.25, 0.3) is 0 Å². The van der Waals surface area contributed by atoms with Crippen molar-refractivity contribution >= 4 is 11.3 Å². The van der Waals surface area contributed by atoms with Gasteiger partial charge in [-0.1, -0.05) is 19.4 Å². The number of nitrogens with zero attached hydrogens (tertiary/aromatic N) is 3. The van der Waals surface area contributed by atoms with Crippen LogP contribution in [0.15, 0.2) is 35.1 Å². The number of hydrogen-bond acceptors (Lipinski definition) is 5. The van der Waals surface area contributed by atoms with Crippen molar-refractivity contribution in [1.82, 2.24) is 0 Å². The molecule has 1 aromatic rings. The van der Waals surface area contributed by atoms with E-state index in [1.165, 1.54) is 4.88 Å². The minimum absolute atomic E-state index is 0.00248. The number of hydrogen-bond donors (Lipinski definition) is 1. The normalized spacial score (nSPS) is 24.0. The number of aryl methyl sites for hydroxylation is 1. The quantitative estimate of drug-likeness (QED) is 0.840. The Morgan fingerprint density at radius 2 is 2.04 bits per heavy atom. The van der Waals surface area contributed by atoms with Gasteiger partial charge in [-0.05, 0) is 55.7 Å². The van der Waals surface area contributed by atoms with Gasteiger partial charge in [-0.25, -0.2) is 0 Å². The lowest BCUT2D eigenvalue weighted by molar-refractivity contribution is 0.321. The van der Waals surface area contributed by atoms with Crippen LogP contribution in [0.4, 0.5) is 0 Å². The summed E-state index contributed by atoms with van der Waals surface area (Å²) in [5.41, 5.74) is 6.22. The highest BCUT2D eigenvalue weighted by molar-refractivity contribution is 7.12. The maximum Gasteiger partial charge on any atom is 0.192 e. The van der Waals surface area contributed by atoms with Gasteiger partial charge in [-0.15, -0.1) is 11.3 Å². The molecule has 2 aliphatic carbocycles. The second-order valence-electron chi connectivity index (χ2n) is 7.01. The first kappa shape index (κ1) is 18.2. The molecule has 2 atom stereocenters. The molecule has 0 unspecified atom stereocenters. The number of rotatable bonds is 4. The first-order valence-corrected chi connectivity index (χ1v) is 9.96. The summed E-state index contributed by atoms with van der Waals surface area (Å²) in [7, 11) is 0. The molecule has 0 saturated carbocycles. The first-order valence-electron chi connectivity index (χ1n) is 9.14. The molecule has 0 bridgehead atoms. The van der Waals surface area contributed by atoms with Crippen molar-refractivity contribution in [2.24, 2.45) is 17.1 Å². The molecule has 0 saturated heterocycles. The fourth-order valence-electron chi connectivity index (χ4n) is 4.23. The molecular weight excluding hydrogens is 340 g/mol. The van der Waals surface area contributed by atoms with E-state index in [0.29, 0.717) is 5.57 Å². The number of nitrogens with two attached hydrogens (primary N) is 1. The summed E-state index contributed by atoms with van der Waals surface area (Å²) in [5, 5.41) is 29.6. The molecular formula is C21H22N4S. The smallest absolute Gasteiger partial charge is 0.192 e. The fraction of sp³-hybridized carbons (Fsp3) is 0.476. The number of nitriles is 3. The average molecular weight is 363 g/mol. The molecule has 0 amide bonds. The highest BCUT2D eigenvalue weighted by atomic mass is 32.1. The van der Waals surface area contributed by atoms with E-state index in [2.05, 4.69) is 43.3 Å². The van der Waals surface area contributed by atoms with Crippen molar-refractivity contribution in [2.45, 2.75) is 51.4 Å². The summed E-state index contributed by atoms with van der Waals surface area (Å²) in [6.07, 6.45) is 8.15. The van der Waals surface area contributed by atoms with Gasteiger partial charge < -0.3 is 5.73 Å². The largest absolute Gasteiger partial charge is 0.399 e. The molecule has 0 fully saturated rings. The second kappa shape index (κ2) is 7.36. The maximum absolute atomic E-state index is 9.98. The van der Waals surface area contributed by atoms with Crippen molar-refractivity contribution in [3.05, 3.63) is 44.8 Å². The second-order valence-corrected chi connectivity index (χ2v) is 8.21. The third kappa shape index (κ3) is 2.72. The van der Waals surface area contributed by atoms with E-state index in [-0.39, 0.29) is 17.5 Å². The van der Waals surface area contributed by atoms with Crippen LogP contribution in [0.3, 0.4) is 0 Å². The van der Waals surface area contributed by atoms with Crippen LogP contribution in [0.2, 0.25) is 0 Å². The molecule has 4 nitrogen and oxygen atoms in total. The predicted octanol–water partition coefficient (Wildman–Crippen LogP) is 4.68. The molecule has 3 rings (SSSR count). The predicted molar refractivity (Wildman–Crippen MR) is 102 cm³/mol. The Kier molecular flexibility index (Phi) is 5.17. The molecule has 26 heavy (non-hydrogen) atoms. The summed E-state index contributed by atoms with van der Waals surface area (Å²) >= 11 is 1.69. The minimum Gasteiger partial charge on any atom is -0.399 e. The highest BCUT2D eigenvalue weighted by Gasteiger charge is 2.54. The van der Waals surface area contributed by atoms with Gasteiger partial charge in [0, 0.05) is 15.7 Å². The third-order valence-corrected chi connectivity index (χ3v) is 6.79. The molecule has 1 heterocycles. The molecule has 0 aliphatic heterocycles. The Balaban J connectivity index is 2.17. The van der Waals surface area contributed by atoms with E-state index < -0.39 is 5.41 Å². The number of unbranched alkanes of at least 4 members (excludes halogenated alkanes) is 1. The maximum atomic E-state index is 9.98. The van der Waals surface area contributed by atoms with Gasteiger partial charge in [-0.3, -0.25) is 0 Å². The van der Waals surface area contributed by atoms with E-state index >= 15 is 0 Å². The van der Waals surface area contributed by atoms with Crippen LogP contribution in [0, 0.1) is 45.3 Å². The Morgan fingerprint density at radius 1 is 1.27 bits per heavy atom. The van der Waals surface area contributed by atoms with Gasteiger partial charge in [0.1, 0.15) is 6.07 Å². The van der Waals surface area contributed by atoms with Crippen LogP contribution in [0.1, 0.15) is 54.7 Å². The van der Waals surface area contributed by atoms with Crippen molar-refractivity contribution in [3.63, 3.8) is 0 Å². The van der Waals surface area contributed by atoms with Gasteiger partial charge in [-0.2, -0.15) is 15.8 Å². The third-order valence-electron chi connectivity index (χ3n) is 5.56. The van der Waals surface area contributed by atoms with Gasteiger partial charge in [0.05, 0.1) is 23.4 Å². The molecule has 132 valence electrons. The van der Waals surface area contributed by atoms with Crippen molar-refractivity contribution in [1.29, 1.82) is 15.8 Å². The van der Waals surface area contributed by atoms with E-state index in [1.807, 2.05) is 0 Å². The van der Waals surface area contributed by atoms with Crippen molar-refractivity contribution in [3.8, 4) is 18.2 Å². The standard InChI is InChI=1S/C21H22N4S/c1-2-3-6-14-9-10-18(26-14)19-16-8-5-4-7-15(16)17(11-22)20(25)21(19,12-23)13-24/h7,9-10,16,19H,2-6,8,25H2,1H3/t16-,19-/m0/s1. The summed E-state index contributed by atoms with van der Waals surface area (Å²) < 4.78 is 0. The molecule has 0 radical (unpaired) electrons. The summed E-state index contributed by atoms with van der Waals surface area (Å²) in [6, 6.07) is 10.7. The monoisotopic (exact) mass is 362 g/mol. The van der Waals surface area contributed by atoms with Crippen LogP contribution in [-0.2, 0) is 6.42 Å². The summed E-state index contributed by atoms with van der Waals surface area (Å²) in [5.74, 6) is -0.302. The lowest BCUT2D eigenvalue weighted by Gasteiger charge is -2.42. The molecule has 0 spiro atoms. The molecule has 2 N–H and O–H groups in total.